The summed E-state index contributed by atoms with van der Waals surface area (Å²) in [5.41, 5.74) is 1.02. The first kappa shape index (κ1) is 14.9. The summed E-state index contributed by atoms with van der Waals surface area (Å²) < 4.78 is 1.03. The van der Waals surface area contributed by atoms with Crippen molar-refractivity contribution < 1.29 is 4.79 Å². The van der Waals surface area contributed by atoms with Gasteiger partial charge in [-0.3, -0.25) is 4.79 Å². The molecule has 1 aromatic rings. The Kier molecular flexibility index (Phi) is 6.68. The summed E-state index contributed by atoms with van der Waals surface area (Å²) in [6, 6.07) is 7.82. The molecule has 0 aliphatic heterocycles. The van der Waals surface area contributed by atoms with E-state index in [1.807, 2.05) is 44.4 Å². The van der Waals surface area contributed by atoms with Crippen LogP contribution in [0.2, 0.25) is 0 Å². The number of carbonyl (C=O) groups is 1. The van der Waals surface area contributed by atoms with Crippen molar-refractivity contribution in [1.29, 1.82) is 0 Å². The van der Waals surface area contributed by atoms with Gasteiger partial charge in [0.25, 0.3) is 0 Å². The zero-order chi connectivity index (χ0) is 13.4. The van der Waals surface area contributed by atoms with Crippen molar-refractivity contribution in [3.8, 4) is 0 Å². The Balaban J connectivity index is 2.29. The number of halogens is 1. The van der Waals surface area contributed by atoms with Crippen molar-refractivity contribution in [1.82, 2.24) is 10.2 Å². The molecule has 18 heavy (non-hydrogen) atoms. The van der Waals surface area contributed by atoms with E-state index in [1.165, 1.54) is 0 Å². The number of amides is 1. The maximum Gasteiger partial charge on any atom is 0.243 e. The van der Waals surface area contributed by atoms with Gasteiger partial charge < -0.3 is 10.2 Å². The second kappa shape index (κ2) is 8.06. The summed E-state index contributed by atoms with van der Waals surface area (Å²) in [5.74, 6) is -0.0447. The van der Waals surface area contributed by atoms with E-state index in [2.05, 4.69) is 26.1 Å². The van der Waals surface area contributed by atoms with Crippen LogP contribution in [0.5, 0.6) is 0 Å². The Morgan fingerprint density at radius 1 is 1.33 bits per heavy atom. The van der Waals surface area contributed by atoms with Crippen molar-refractivity contribution in [2.75, 3.05) is 27.2 Å². The number of nitrogens with one attached hydrogen (secondary N) is 1. The third-order valence-electron chi connectivity index (χ3n) is 2.38. The van der Waals surface area contributed by atoms with E-state index in [0.29, 0.717) is 6.54 Å². The average Bonchev–Trinajstić information content (AvgIpc) is 2.34. The van der Waals surface area contributed by atoms with E-state index in [9.17, 15) is 4.79 Å². The van der Waals surface area contributed by atoms with Crippen LogP contribution in [0.25, 0.3) is 6.08 Å². The van der Waals surface area contributed by atoms with E-state index in [0.717, 1.165) is 23.0 Å². The van der Waals surface area contributed by atoms with Gasteiger partial charge in [0, 0.05) is 17.1 Å². The summed E-state index contributed by atoms with van der Waals surface area (Å²) in [5, 5.41) is 2.86. The highest BCUT2D eigenvalue weighted by Gasteiger charge is 1.95. The molecule has 4 heteroatoms. The molecule has 0 spiro atoms. The van der Waals surface area contributed by atoms with Crippen LogP contribution < -0.4 is 5.32 Å². The third-order valence-corrected chi connectivity index (χ3v) is 2.91. The molecular formula is C14H19BrN2O. The van der Waals surface area contributed by atoms with Crippen LogP contribution in [0.1, 0.15) is 12.0 Å². The fourth-order valence-corrected chi connectivity index (χ4v) is 1.68. The fourth-order valence-electron chi connectivity index (χ4n) is 1.41. The van der Waals surface area contributed by atoms with Crippen LogP contribution in [-0.2, 0) is 4.79 Å². The first-order chi connectivity index (χ1) is 8.58. The van der Waals surface area contributed by atoms with Gasteiger partial charge in [-0.2, -0.15) is 0 Å². The van der Waals surface area contributed by atoms with E-state index >= 15 is 0 Å². The van der Waals surface area contributed by atoms with Crippen LogP contribution in [0, 0.1) is 0 Å². The minimum Gasteiger partial charge on any atom is -0.353 e. The molecule has 0 bridgehead atoms. The molecule has 1 amide bonds. The molecule has 0 unspecified atom stereocenters. The van der Waals surface area contributed by atoms with Crippen molar-refractivity contribution in [2.24, 2.45) is 0 Å². The van der Waals surface area contributed by atoms with Gasteiger partial charge in [-0.05, 0) is 50.8 Å². The van der Waals surface area contributed by atoms with Crippen LogP contribution in [0.15, 0.2) is 34.8 Å². The number of rotatable bonds is 6. The summed E-state index contributed by atoms with van der Waals surface area (Å²) in [6.45, 7) is 1.69. The quantitative estimate of drug-likeness (QED) is 0.647. The second-order valence-corrected chi connectivity index (χ2v) is 5.25. The highest BCUT2D eigenvalue weighted by Crippen LogP contribution is 2.11. The number of hydrogen-bond acceptors (Lipinski definition) is 2. The molecule has 3 nitrogen and oxygen atoms in total. The van der Waals surface area contributed by atoms with E-state index in [-0.39, 0.29) is 5.91 Å². The van der Waals surface area contributed by atoms with Gasteiger partial charge in [0.1, 0.15) is 0 Å². The van der Waals surface area contributed by atoms with Crippen molar-refractivity contribution in [2.45, 2.75) is 6.42 Å². The standard InChI is InChI=1S/C14H19BrN2O/c1-17(2)11-3-10-16-14(18)9-6-12-4-7-13(15)8-5-12/h4-9H,3,10-11H2,1-2H3,(H,16,18)/b9-6+. The lowest BCUT2D eigenvalue weighted by atomic mass is 10.2. The van der Waals surface area contributed by atoms with Crippen molar-refractivity contribution in [3.63, 3.8) is 0 Å². The lowest BCUT2D eigenvalue weighted by Crippen LogP contribution is -2.25. The molecule has 0 saturated carbocycles. The molecule has 1 rings (SSSR count). The maximum atomic E-state index is 11.5. The lowest BCUT2D eigenvalue weighted by Gasteiger charge is -2.08. The Hall–Kier alpha value is -1.13. The average molecular weight is 311 g/mol. The predicted molar refractivity (Wildman–Crippen MR) is 79.4 cm³/mol. The maximum absolute atomic E-state index is 11.5. The number of nitrogens with zero attached hydrogens (tertiary/aromatic N) is 1. The Labute approximate surface area is 117 Å². The van der Waals surface area contributed by atoms with Crippen LogP contribution in [0.4, 0.5) is 0 Å². The van der Waals surface area contributed by atoms with Crippen LogP contribution in [-0.4, -0.2) is 38.0 Å². The molecule has 98 valence electrons. The minimum absolute atomic E-state index is 0.0447. The summed E-state index contributed by atoms with van der Waals surface area (Å²) in [7, 11) is 4.05. The first-order valence-electron chi connectivity index (χ1n) is 5.94. The van der Waals surface area contributed by atoms with Crippen LogP contribution >= 0.6 is 15.9 Å². The smallest absolute Gasteiger partial charge is 0.243 e. The van der Waals surface area contributed by atoms with Crippen molar-refractivity contribution >= 4 is 27.9 Å². The molecule has 1 N–H and O–H groups in total. The minimum atomic E-state index is -0.0447. The Morgan fingerprint density at radius 3 is 2.61 bits per heavy atom. The highest BCUT2D eigenvalue weighted by atomic mass is 79.9. The molecule has 0 aliphatic rings. The normalized spacial score (nSPS) is 11.1. The summed E-state index contributed by atoms with van der Waals surface area (Å²) in [6.07, 6.45) is 4.34. The topological polar surface area (TPSA) is 32.3 Å². The number of hydrogen-bond donors (Lipinski definition) is 1. The molecule has 1 aromatic carbocycles. The first-order valence-corrected chi connectivity index (χ1v) is 6.73. The Morgan fingerprint density at radius 2 is 2.00 bits per heavy atom. The van der Waals surface area contributed by atoms with Crippen LogP contribution in [0.3, 0.4) is 0 Å². The van der Waals surface area contributed by atoms with Gasteiger partial charge in [-0.15, -0.1) is 0 Å². The zero-order valence-electron chi connectivity index (χ0n) is 10.8. The predicted octanol–water partition coefficient (Wildman–Crippen LogP) is 2.53. The second-order valence-electron chi connectivity index (χ2n) is 4.33. The van der Waals surface area contributed by atoms with Gasteiger partial charge in [0.2, 0.25) is 5.91 Å². The third kappa shape index (κ3) is 6.57. The molecule has 0 aliphatic carbocycles. The van der Waals surface area contributed by atoms with Gasteiger partial charge in [0.15, 0.2) is 0 Å². The van der Waals surface area contributed by atoms with E-state index in [1.54, 1.807) is 6.08 Å². The molecule has 0 heterocycles. The zero-order valence-corrected chi connectivity index (χ0v) is 12.4. The van der Waals surface area contributed by atoms with Gasteiger partial charge in [-0.1, -0.05) is 28.1 Å². The van der Waals surface area contributed by atoms with Gasteiger partial charge >= 0.3 is 0 Å². The van der Waals surface area contributed by atoms with E-state index < -0.39 is 0 Å². The highest BCUT2D eigenvalue weighted by molar-refractivity contribution is 9.10. The summed E-state index contributed by atoms with van der Waals surface area (Å²) in [4.78, 5) is 13.6. The van der Waals surface area contributed by atoms with E-state index in [4.69, 9.17) is 0 Å². The number of carbonyl (C=O) groups excluding carboxylic acids is 1. The monoisotopic (exact) mass is 310 g/mol. The lowest BCUT2D eigenvalue weighted by molar-refractivity contribution is -0.116. The van der Waals surface area contributed by atoms with Gasteiger partial charge in [-0.25, -0.2) is 0 Å². The van der Waals surface area contributed by atoms with Crippen molar-refractivity contribution in [3.05, 3.63) is 40.4 Å². The number of benzene rings is 1. The Bertz CT molecular complexity index is 399. The fraction of sp³-hybridized carbons (Fsp3) is 0.357. The SMILES string of the molecule is CN(C)CCCNC(=O)/C=C/c1ccc(Br)cc1. The molecular weight excluding hydrogens is 292 g/mol. The molecule has 0 fully saturated rings. The molecule has 0 aromatic heterocycles. The van der Waals surface area contributed by atoms with Gasteiger partial charge in [0.05, 0.1) is 0 Å². The summed E-state index contributed by atoms with van der Waals surface area (Å²) >= 11 is 3.37. The molecule has 0 atom stereocenters. The largest absolute Gasteiger partial charge is 0.353 e. The molecule has 0 saturated heterocycles. The molecule has 0 radical (unpaired) electrons.